The van der Waals surface area contributed by atoms with Crippen molar-refractivity contribution in [1.29, 1.82) is 5.26 Å². The van der Waals surface area contributed by atoms with Crippen molar-refractivity contribution in [2.45, 2.75) is 31.5 Å². The Morgan fingerprint density at radius 1 is 1.17 bits per heavy atom. The summed E-state index contributed by atoms with van der Waals surface area (Å²) < 4.78 is 19.0. The zero-order chi connectivity index (χ0) is 16.1. The number of nitrogens with zero attached hydrogens (tertiary/aromatic N) is 1. The molecule has 2 aromatic rings. The molecule has 4 heteroatoms. The van der Waals surface area contributed by atoms with E-state index in [1.807, 2.05) is 36.4 Å². The average molecular weight is 310 g/mol. The summed E-state index contributed by atoms with van der Waals surface area (Å²) in [5.41, 5.74) is 2.80. The van der Waals surface area contributed by atoms with Crippen LogP contribution in [0.25, 0.3) is 0 Å². The van der Waals surface area contributed by atoms with Crippen LogP contribution in [0.1, 0.15) is 35.6 Å². The van der Waals surface area contributed by atoms with Crippen LogP contribution >= 0.6 is 0 Å². The predicted octanol–water partition coefficient (Wildman–Crippen LogP) is 3.71. The summed E-state index contributed by atoms with van der Waals surface area (Å²) in [6, 6.07) is 16.3. The molecule has 1 N–H and O–H groups in total. The third-order valence-electron chi connectivity index (χ3n) is 4.17. The number of nitriles is 1. The fourth-order valence-electron chi connectivity index (χ4n) is 2.92. The second kappa shape index (κ2) is 7.36. The molecular formula is C19H19FN2O. The highest BCUT2D eigenvalue weighted by Gasteiger charge is 2.26. The van der Waals surface area contributed by atoms with Crippen molar-refractivity contribution in [3.63, 3.8) is 0 Å². The molecule has 2 aromatic carbocycles. The van der Waals surface area contributed by atoms with Gasteiger partial charge in [0, 0.05) is 13.2 Å². The largest absolute Gasteiger partial charge is 0.376 e. The van der Waals surface area contributed by atoms with Crippen molar-refractivity contribution in [2.24, 2.45) is 0 Å². The molecule has 118 valence electrons. The first kappa shape index (κ1) is 15.7. The van der Waals surface area contributed by atoms with E-state index >= 15 is 0 Å². The number of rotatable bonds is 5. The lowest BCUT2D eigenvalue weighted by Gasteiger charge is -2.25. The van der Waals surface area contributed by atoms with E-state index in [2.05, 4.69) is 11.4 Å². The van der Waals surface area contributed by atoms with Crippen molar-refractivity contribution in [2.75, 3.05) is 6.61 Å². The number of nitrogens with one attached hydrogen (secondary N) is 1. The van der Waals surface area contributed by atoms with E-state index in [0.717, 1.165) is 30.6 Å². The van der Waals surface area contributed by atoms with E-state index < -0.39 is 0 Å². The summed E-state index contributed by atoms with van der Waals surface area (Å²) in [6.45, 7) is 1.45. The van der Waals surface area contributed by atoms with Gasteiger partial charge in [-0.15, -0.1) is 0 Å². The average Bonchev–Trinajstić information content (AvgIpc) is 3.11. The molecule has 0 aliphatic carbocycles. The zero-order valence-electron chi connectivity index (χ0n) is 12.8. The van der Waals surface area contributed by atoms with Gasteiger partial charge in [-0.05, 0) is 48.2 Å². The van der Waals surface area contributed by atoms with Gasteiger partial charge < -0.3 is 10.1 Å². The van der Waals surface area contributed by atoms with Crippen LogP contribution in [0.2, 0.25) is 0 Å². The Kier molecular flexibility index (Phi) is 5.02. The third kappa shape index (κ3) is 3.95. The van der Waals surface area contributed by atoms with Gasteiger partial charge in [0.25, 0.3) is 0 Å². The Morgan fingerprint density at radius 3 is 2.52 bits per heavy atom. The molecule has 23 heavy (non-hydrogen) atoms. The van der Waals surface area contributed by atoms with Crippen LogP contribution in [0, 0.1) is 17.1 Å². The SMILES string of the molecule is N#Cc1ccc(CN[C@@H](c2ccc(F)cc2)[C@@H]2CCCO2)cc1. The minimum absolute atomic E-state index is 0.0359. The highest BCUT2D eigenvalue weighted by Crippen LogP contribution is 2.27. The molecule has 3 rings (SSSR count). The van der Waals surface area contributed by atoms with Crippen LogP contribution in [0.5, 0.6) is 0 Å². The summed E-state index contributed by atoms with van der Waals surface area (Å²) in [5.74, 6) is -0.230. The molecule has 0 saturated carbocycles. The quantitative estimate of drug-likeness (QED) is 0.915. The van der Waals surface area contributed by atoms with Crippen molar-refractivity contribution < 1.29 is 9.13 Å². The van der Waals surface area contributed by atoms with Gasteiger partial charge in [-0.25, -0.2) is 4.39 Å². The molecule has 0 bridgehead atoms. The maximum atomic E-state index is 13.2. The fourth-order valence-corrected chi connectivity index (χ4v) is 2.92. The second-order valence-corrected chi connectivity index (χ2v) is 5.77. The molecule has 2 atom stereocenters. The van der Waals surface area contributed by atoms with Gasteiger partial charge in [0.15, 0.2) is 0 Å². The first-order chi connectivity index (χ1) is 11.3. The topological polar surface area (TPSA) is 45.0 Å². The van der Waals surface area contributed by atoms with E-state index in [1.54, 1.807) is 0 Å². The summed E-state index contributed by atoms with van der Waals surface area (Å²) >= 11 is 0. The van der Waals surface area contributed by atoms with Crippen LogP contribution in [-0.2, 0) is 11.3 Å². The Morgan fingerprint density at radius 2 is 1.91 bits per heavy atom. The van der Waals surface area contributed by atoms with E-state index in [0.29, 0.717) is 12.1 Å². The Balaban J connectivity index is 1.72. The Labute approximate surface area is 135 Å². The molecule has 0 spiro atoms. The maximum absolute atomic E-state index is 13.2. The monoisotopic (exact) mass is 310 g/mol. The fraction of sp³-hybridized carbons (Fsp3) is 0.316. The number of hydrogen-bond donors (Lipinski definition) is 1. The molecule has 0 radical (unpaired) electrons. The van der Waals surface area contributed by atoms with Gasteiger partial charge in [-0.2, -0.15) is 5.26 Å². The van der Waals surface area contributed by atoms with Crippen molar-refractivity contribution in [1.82, 2.24) is 5.32 Å². The molecule has 1 aliphatic rings. The maximum Gasteiger partial charge on any atom is 0.123 e. The molecule has 1 saturated heterocycles. The summed E-state index contributed by atoms with van der Waals surface area (Å²) in [7, 11) is 0. The number of benzene rings is 2. The minimum Gasteiger partial charge on any atom is -0.376 e. The number of ether oxygens (including phenoxy) is 1. The van der Waals surface area contributed by atoms with Crippen molar-refractivity contribution in [3.8, 4) is 6.07 Å². The van der Waals surface area contributed by atoms with E-state index in [1.165, 1.54) is 12.1 Å². The van der Waals surface area contributed by atoms with E-state index in [4.69, 9.17) is 10.00 Å². The van der Waals surface area contributed by atoms with Crippen LogP contribution in [0.15, 0.2) is 48.5 Å². The molecular weight excluding hydrogens is 291 g/mol. The van der Waals surface area contributed by atoms with Crippen molar-refractivity contribution >= 4 is 0 Å². The number of hydrogen-bond acceptors (Lipinski definition) is 3. The second-order valence-electron chi connectivity index (χ2n) is 5.77. The minimum atomic E-state index is -0.230. The Bertz CT molecular complexity index is 670. The van der Waals surface area contributed by atoms with Gasteiger partial charge >= 0.3 is 0 Å². The predicted molar refractivity (Wildman–Crippen MR) is 86.1 cm³/mol. The highest BCUT2D eigenvalue weighted by molar-refractivity contribution is 5.31. The van der Waals surface area contributed by atoms with Gasteiger partial charge in [0.1, 0.15) is 5.82 Å². The molecule has 1 aliphatic heterocycles. The lowest BCUT2D eigenvalue weighted by Crippen LogP contribution is -2.31. The van der Waals surface area contributed by atoms with Gasteiger partial charge in [-0.3, -0.25) is 0 Å². The molecule has 0 unspecified atom stereocenters. The Hall–Kier alpha value is -2.22. The van der Waals surface area contributed by atoms with Gasteiger partial charge in [0.2, 0.25) is 0 Å². The summed E-state index contributed by atoms with van der Waals surface area (Å²) in [5, 5.41) is 12.4. The molecule has 1 fully saturated rings. The highest BCUT2D eigenvalue weighted by atomic mass is 19.1. The lowest BCUT2D eigenvalue weighted by molar-refractivity contribution is 0.0776. The molecule has 0 aromatic heterocycles. The van der Waals surface area contributed by atoms with Gasteiger partial charge in [-0.1, -0.05) is 24.3 Å². The molecule has 3 nitrogen and oxygen atoms in total. The standard InChI is InChI=1S/C19H19FN2O/c20-17-9-7-16(8-10-17)19(18-2-1-11-23-18)22-13-15-5-3-14(12-21)4-6-15/h3-10,18-19,22H,1-2,11,13H2/t18-,19-/m0/s1. The van der Waals surface area contributed by atoms with Crippen LogP contribution < -0.4 is 5.32 Å². The molecule has 1 heterocycles. The first-order valence-electron chi connectivity index (χ1n) is 7.86. The third-order valence-corrected chi connectivity index (χ3v) is 4.17. The smallest absolute Gasteiger partial charge is 0.123 e. The van der Waals surface area contributed by atoms with Gasteiger partial charge in [0.05, 0.1) is 23.8 Å². The zero-order valence-corrected chi connectivity index (χ0v) is 12.8. The van der Waals surface area contributed by atoms with Crippen molar-refractivity contribution in [3.05, 3.63) is 71.0 Å². The van der Waals surface area contributed by atoms with Crippen LogP contribution in [0.4, 0.5) is 4.39 Å². The first-order valence-corrected chi connectivity index (χ1v) is 7.86. The van der Waals surface area contributed by atoms with Crippen LogP contribution in [0.3, 0.4) is 0 Å². The lowest BCUT2D eigenvalue weighted by atomic mass is 9.99. The molecule has 0 amide bonds. The number of halogens is 1. The van der Waals surface area contributed by atoms with E-state index in [9.17, 15) is 4.39 Å². The van der Waals surface area contributed by atoms with Crippen LogP contribution in [-0.4, -0.2) is 12.7 Å². The summed E-state index contributed by atoms with van der Waals surface area (Å²) in [6.07, 6.45) is 2.17. The summed E-state index contributed by atoms with van der Waals surface area (Å²) in [4.78, 5) is 0. The van der Waals surface area contributed by atoms with E-state index in [-0.39, 0.29) is 18.0 Å². The normalized spacial score (nSPS) is 18.5.